The van der Waals surface area contributed by atoms with Crippen molar-refractivity contribution in [3.05, 3.63) is 84.6 Å². The molecule has 1 unspecified atom stereocenters. The third-order valence-corrected chi connectivity index (χ3v) is 6.60. The number of benzene rings is 2. The summed E-state index contributed by atoms with van der Waals surface area (Å²) in [6, 6.07) is 11.2. The van der Waals surface area contributed by atoms with Gasteiger partial charge in [-0.25, -0.2) is 19.8 Å². The number of hydrogen-bond acceptors (Lipinski definition) is 8. The van der Waals surface area contributed by atoms with Crippen molar-refractivity contribution in [2.24, 2.45) is 10.9 Å². The van der Waals surface area contributed by atoms with Gasteiger partial charge in [0, 0.05) is 36.1 Å². The molecule has 2 bridgehead atoms. The Kier molecular flexibility index (Phi) is 8.36. The fourth-order valence-electron chi connectivity index (χ4n) is 4.34. The number of urea groups is 1. The Balaban J connectivity index is 1.26. The molecule has 2 N–H and O–H groups in total. The molecule has 0 radical (unpaired) electrons. The van der Waals surface area contributed by atoms with Crippen LogP contribution in [0.15, 0.2) is 84.0 Å². The van der Waals surface area contributed by atoms with E-state index in [2.05, 4.69) is 37.7 Å². The predicted octanol–water partition coefficient (Wildman–Crippen LogP) is 5.46. The summed E-state index contributed by atoms with van der Waals surface area (Å²) in [6.45, 7) is 2.63. The van der Waals surface area contributed by atoms with E-state index in [1.165, 1.54) is 20.5 Å². The molecule has 0 fully saturated rings. The van der Waals surface area contributed by atoms with Crippen molar-refractivity contribution in [1.82, 2.24) is 20.3 Å². The van der Waals surface area contributed by atoms with Gasteiger partial charge < -0.3 is 20.1 Å². The van der Waals surface area contributed by atoms with Crippen molar-refractivity contribution < 1.29 is 19.1 Å². The highest BCUT2D eigenvalue weighted by Gasteiger charge is 2.13. The van der Waals surface area contributed by atoms with Gasteiger partial charge in [0.2, 0.25) is 0 Å². The largest absolute Gasteiger partial charge is 0.492 e. The minimum Gasteiger partial charge on any atom is -0.492 e. The zero-order chi connectivity index (χ0) is 27.9. The number of fused-ring (bicyclic) bond motifs is 4. The van der Waals surface area contributed by atoms with Crippen LogP contribution in [0.25, 0.3) is 10.9 Å². The molecule has 0 spiro atoms. The van der Waals surface area contributed by atoms with Crippen LogP contribution < -0.4 is 20.1 Å². The van der Waals surface area contributed by atoms with Crippen molar-refractivity contribution in [3.63, 3.8) is 0 Å². The van der Waals surface area contributed by atoms with Crippen LogP contribution in [-0.4, -0.2) is 54.1 Å². The van der Waals surface area contributed by atoms with E-state index in [1.54, 1.807) is 0 Å². The van der Waals surface area contributed by atoms with E-state index in [0.29, 0.717) is 30.6 Å². The number of nitrogens with zero attached hydrogens (tertiary/aromatic N) is 4. The van der Waals surface area contributed by atoms with Crippen molar-refractivity contribution in [2.45, 2.75) is 19.8 Å². The first-order chi connectivity index (χ1) is 19.5. The molecule has 2 aliphatic rings. The highest BCUT2D eigenvalue weighted by Crippen LogP contribution is 2.30. The van der Waals surface area contributed by atoms with Gasteiger partial charge in [0.15, 0.2) is 0 Å². The molecule has 0 saturated carbocycles. The number of rotatable bonds is 9. The Morgan fingerprint density at radius 2 is 2.05 bits per heavy atom. The Hall–Kier alpha value is -4.70. The lowest BCUT2D eigenvalue weighted by Crippen LogP contribution is -2.38. The molecule has 1 atom stereocenters. The summed E-state index contributed by atoms with van der Waals surface area (Å²) in [7, 11) is 2.96. The summed E-state index contributed by atoms with van der Waals surface area (Å²) >= 11 is 0. The molecule has 0 saturated heterocycles. The molecular weight excluding hydrogens is 508 g/mol. The maximum atomic E-state index is 11.8. The summed E-state index contributed by atoms with van der Waals surface area (Å²) in [4.78, 5) is 30.0. The van der Waals surface area contributed by atoms with Crippen LogP contribution in [0.3, 0.4) is 0 Å². The summed E-state index contributed by atoms with van der Waals surface area (Å²) in [5.41, 5.74) is 3.65. The van der Waals surface area contributed by atoms with Crippen molar-refractivity contribution in [2.75, 3.05) is 32.6 Å². The monoisotopic (exact) mass is 540 g/mol. The number of hydrogen-bond donors (Lipinski definition) is 2. The van der Waals surface area contributed by atoms with Crippen molar-refractivity contribution >= 4 is 34.2 Å². The van der Waals surface area contributed by atoms with Crippen LogP contribution in [0.1, 0.15) is 18.4 Å². The fraction of sp³-hybridized carbons (Fsp3) is 0.267. The molecule has 5 rings (SSSR count). The number of anilines is 2. The van der Waals surface area contributed by atoms with Crippen LogP contribution in [0.4, 0.5) is 16.3 Å². The second-order valence-electron chi connectivity index (χ2n) is 9.44. The predicted molar refractivity (Wildman–Crippen MR) is 155 cm³/mol. The number of hydroxylamine groups is 2. The van der Waals surface area contributed by atoms with Crippen LogP contribution >= 0.6 is 0 Å². The zero-order valence-electron chi connectivity index (χ0n) is 22.8. The molecule has 206 valence electrons. The normalized spacial score (nSPS) is 15.9. The Morgan fingerprint density at radius 1 is 1.15 bits per heavy atom. The second-order valence-corrected chi connectivity index (χ2v) is 9.44. The molecule has 2 heterocycles. The van der Waals surface area contributed by atoms with Crippen molar-refractivity contribution in [1.29, 1.82) is 0 Å². The van der Waals surface area contributed by atoms with Crippen LogP contribution in [0.5, 0.6) is 11.5 Å². The molecule has 40 heavy (non-hydrogen) atoms. The van der Waals surface area contributed by atoms with Gasteiger partial charge in [0.1, 0.15) is 36.0 Å². The summed E-state index contributed by atoms with van der Waals surface area (Å²) in [5.74, 6) is 3.22. The number of carbonyl (C=O) groups excluding carboxylic acids is 1. The third-order valence-electron chi connectivity index (χ3n) is 6.60. The number of aliphatic imine (C=N–C) groups is 1. The number of allylic oxidation sites excluding steroid dienone is 4. The highest BCUT2D eigenvalue weighted by molar-refractivity contribution is 5.96. The average molecular weight is 541 g/mol. The smallest absolute Gasteiger partial charge is 0.341 e. The Morgan fingerprint density at radius 3 is 2.90 bits per heavy atom. The zero-order valence-corrected chi connectivity index (χ0v) is 22.8. The van der Waals surface area contributed by atoms with Crippen LogP contribution in [0.2, 0.25) is 0 Å². The highest BCUT2D eigenvalue weighted by atomic mass is 16.7. The molecule has 2 aromatic carbocycles. The van der Waals surface area contributed by atoms with Gasteiger partial charge in [-0.15, -0.1) is 0 Å². The van der Waals surface area contributed by atoms with E-state index >= 15 is 0 Å². The van der Waals surface area contributed by atoms with E-state index in [9.17, 15) is 4.79 Å². The van der Waals surface area contributed by atoms with Gasteiger partial charge >= 0.3 is 6.03 Å². The van der Waals surface area contributed by atoms with Crippen LogP contribution in [0, 0.1) is 12.8 Å². The van der Waals surface area contributed by atoms with E-state index in [0.717, 1.165) is 57.3 Å². The summed E-state index contributed by atoms with van der Waals surface area (Å²) in [6.07, 6.45) is 13.7. The average Bonchev–Trinajstić information content (AvgIpc) is 3.13. The minimum atomic E-state index is -0.344. The molecule has 1 aromatic heterocycles. The Bertz CT molecular complexity index is 1510. The number of ether oxygens (including phenoxy) is 2. The lowest BCUT2D eigenvalue weighted by Gasteiger charge is -2.15. The SMILES string of the molecule is CON(C)C(=O)NCCOc1ccc2ncnc(Nc3ccc(OC4=CC5=NC=CC(C=C4)CC5)c(C)c3)c2c1. The second kappa shape index (κ2) is 12.4. The number of amides is 2. The molecule has 2 amide bonds. The minimum absolute atomic E-state index is 0.294. The molecular formula is C30H32N6O4. The molecule has 3 aromatic rings. The van der Waals surface area contributed by atoms with Gasteiger partial charge in [-0.1, -0.05) is 12.2 Å². The standard InChI is InChI=1S/C30H32N6O4/c1-20-16-23(7-11-28(20)40-25-8-5-21-4-6-22(17-25)31-13-12-21)35-29-26-18-24(9-10-27(26)33-19-34-29)39-15-14-32-30(37)36(2)38-3/h5,7-13,16-19,21H,4,6,14-15H2,1-3H3,(H,32,37)(H,33,34,35). The fourth-order valence-corrected chi connectivity index (χ4v) is 4.34. The quantitative estimate of drug-likeness (QED) is 0.274. The van der Waals surface area contributed by atoms with E-state index in [-0.39, 0.29) is 6.03 Å². The lowest BCUT2D eigenvalue weighted by atomic mass is 9.99. The topological polar surface area (TPSA) is 110 Å². The van der Waals surface area contributed by atoms with Gasteiger partial charge in [-0.05, 0) is 73.7 Å². The summed E-state index contributed by atoms with van der Waals surface area (Å²) in [5, 5.41) is 8.03. The van der Waals surface area contributed by atoms with E-state index < -0.39 is 0 Å². The third kappa shape index (κ3) is 6.65. The first kappa shape index (κ1) is 26.9. The molecule has 1 aliphatic carbocycles. The Labute approximate surface area is 233 Å². The number of carbonyl (C=O) groups is 1. The number of aromatic nitrogens is 2. The lowest BCUT2D eigenvalue weighted by molar-refractivity contribution is -0.0648. The number of nitrogens with one attached hydrogen (secondary N) is 2. The molecule has 1 aliphatic heterocycles. The number of aryl methyl sites for hydroxylation is 1. The first-order valence-corrected chi connectivity index (χ1v) is 13.1. The molecule has 10 heteroatoms. The first-order valence-electron chi connectivity index (χ1n) is 13.1. The van der Waals surface area contributed by atoms with E-state index in [4.69, 9.17) is 14.3 Å². The van der Waals surface area contributed by atoms with Gasteiger partial charge in [-0.2, -0.15) is 0 Å². The maximum Gasteiger partial charge on any atom is 0.341 e. The molecule has 10 nitrogen and oxygen atoms in total. The van der Waals surface area contributed by atoms with E-state index in [1.807, 2.05) is 61.7 Å². The van der Waals surface area contributed by atoms with Crippen molar-refractivity contribution in [3.8, 4) is 11.5 Å². The van der Waals surface area contributed by atoms with Gasteiger partial charge in [-0.3, -0.25) is 9.83 Å². The van der Waals surface area contributed by atoms with Gasteiger partial charge in [0.05, 0.1) is 19.2 Å². The van der Waals surface area contributed by atoms with Crippen LogP contribution in [-0.2, 0) is 4.84 Å². The summed E-state index contributed by atoms with van der Waals surface area (Å²) < 4.78 is 12.1. The van der Waals surface area contributed by atoms with Gasteiger partial charge in [0.25, 0.3) is 0 Å². The maximum absolute atomic E-state index is 11.8.